The Morgan fingerprint density at radius 2 is 1.93 bits per heavy atom. The largest absolute Gasteiger partial charge is 0.493 e. The van der Waals surface area contributed by atoms with Gasteiger partial charge < -0.3 is 14.8 Å². The number of nitrogens with one attached hydrogen (secondary N) is 1. The molecule has 0 fully saturated rings. The summed E-state index contributed by atoms with van der Waals surface area (Å²) in [6.07, 6.45) is 1.40. The molecule has 27 heavy (non-hydrogen) atoms. The van der Waals surface area contributed by atoms with Crippen LogP contribution in [-0.4, -0.2) is 25.1 Å². The Morgan fingerprint density at radius 3 is 2.48 bits per heavy atom. The van der Waals surface area contributed by atoms with Gasteiger partial charge in [-0.15, -0.1) is 0 Å². The van der Waals surface area contributed by atoms with Gasteiger partial charge in [0.1, 0.15) is 11.6 Å². The zero-order chi connectivity index (χ0) is 20.0. The van der Waals surface area contributed by atoms with Crippen molar-refractivity contribution in [2.24, 2.45) is 0 Å². The Labute approximate surface area is 163 Å². The molecule has 0 radical (unpaired) electrons. The lowest BCUT2D eigenvalue weighted by atomic mass is 10.1. The Morgan fingerprint density at radius 1 is 1.22 bits per heavy atom. The number of carbonyl (C=O) groups is 1. The van der Waals surface area contributed by atoms with Crippen molar-refractivity contribution in [3.8, 4) is 17.6 Å². The summed E-state index contributed by atoms with van der Waals surface area (Å²) in [5, 5.41) is 22.6. The molecule has 0 aromatic heterocycles. The van der Waals surface area contributed by atoms with E-state index in [4.69, 9.17) is 9.47 Å². The summed E-state index contributed by atoms with van der Waals surface area (Å²) >= 11 is 3.16. The highest BCUT2D eigenvalue weighted by Crippen LogP contribution is 2.29. The Hall–Kier alpha value is -3.38. The van der Waals surface area contributed by atoms with Crippen molar-refractivity contribution in [1.82, 2.24) is 0 Å². The van der Waals surface area contributed by atoms with E-state index in [2.05, 4.69) is 21.2 Å². The van der Waals surface area contributed by atoms with E-state index in [0.29, 0.717) is 27.2 Å². The van der Waals surface area contributed by atoms with E-state index in [1.165, 1.54) is 38.5 Å². The number of ether oxygens (including phenoxy) is 2. The van der Waals surface area contributed by atoms with Crippen LogP contribution in [0.5, 0.6) is 11.5 Å². The van der Waals surface area contributed by atoms with Crippen molar-refractivity contribution < 1.29 is 19.2 Å². The molecule has 0 heterocycles. The van der Waals surface area contributed by atoms with Gasteiger partial charge in [0.25, 0.3) is 11.6 Å². The van der Waals surface area contributed by atoms with Gasteiger partial charge in [0.2, 0.25) is 0 Å². The molecule has 2 aromatic rings. The molecule has 0 saturated heterocycles. The van der Waals surface area contributed by atoms with Crippen LogP contribution in [0.2, 0.25) is 0 Å². The van der Waals surface area contributed by atoms with Gasteiger partial charge in [0.05, 0.1) is 24.8 Å². The molecule has 0 unspecified atom stereocenters. The van der Waals surface area contributed by atoms with Gasteiger partial charge in [-0.25, -0.2) is 0 Å². The number of amides is 1. The fourth-order valence-corrected chi connectivity index (χ4v) is 2.63. The second-order valence-corrected chi connectivity index (χ2v) is 6.01. The van der Waals surface area contributed by atoms with Crippen molar-refractivity contribution in [3.63, 3.8) is 0 Å². The van der Waals surface area contributed by atoms with Crippen LogP contribution >= 0.6 is 15.9 Å². The zero-order valence-corrected chi connectivity index (χ0v) is 15.9. The third-order valence-electron chi connectivity index (χ3n) is 3.50. The molecule has 2 aromatic carbocycles. The standard InChI is InChI=1S/C18H14BrN3O5/c1-26-16-6-3-11(8-17(16)27-2)7-12(10-20)18(23)21-15-5-4-13(22(24)25)9-14(15)19/h3-9H,1-2H3,(H,21,23)/b12-7-. The molecule has 0 atom stereocenters. The number of nitro benzene ring substituents is 1. The third-order valence-corrected chi connectivity index (χ3v) is 4.15. The molecule has 0 bridgehead atoms. The summed E-state index contributed by atoms with van der Waals surface area (Å²) in [6, 6.07) is 10.7. The van der Waals surface area contributed by atoms with Gasteiger partial charge in [-0.2, -0.15) is 5.26 Å². The first kappa shape index (κ1) is 19.9. The lowest BCUT2D eigenvalue weighted by Gasteiger charge is -2.09. The fraction of sp³-hybridized carbons (Fsp3) is 0.111. The zero-order valence-electron chi connectivity index (χ0n) is 14.4. The number of non-ortho nitro benzene ring substituents is 1. The van der Waals surface area contributed by atoms with Crippen LogP contribution < -0.4 is 14.8 Å². The van der Waals surface area contributed by atoms with Gasteiger partial charge in [-0.3, -0.25) is 14.9 Å². The first-order chi connectivity index (χ1) is 12.9. The van der Waals surface area contributed by atoms with Crippen molar-refractivity contribution >= 4 is 39.3 Å². The van der Waals surface area contributed by atoms with Crippen LogP contribution in [-0.2, 0) is 4.79 Å². The number of nitro groups is 1. The Bertz CT molecular complexity index is 966. The van der Waals surface area contributed by atoms with Crippen LogP contribution in [0.1, 0.15) is 5.56 Å². The molecule has 138 valence electrons. The third kappa shape index (κ3) is 4.83. The molecule has 0 aliphatic heterocycles. The van der Waals surface area contributed by atoms with Gasteiger partial charge in [0.15, 0.2) is 11.5 Å². The Kier molecular flexibility index (Phi) is 6.51. The number of rotatable bonds is 6. The average Bonchev–Trinajstić information content (AvgIpc) is 2.67. The molecule has 9 heteroatoms. The number of hydrogen-bond acceptors (Lipinski definition) is 6. The maximum atomic E-state index is 12.4. The lowest BCUT2D eigenvalue weighted by Crippen LogP contribution is -2.13. The molecule has 0 saturated carbocycles. The Balaban J connectivity index is 2.27. The summed E-state index contributed by atoms with van der Waals surface area (Å²) in [5.41, 5.74) is 0.606. The smallest absolute Gasteiger partial charge is 0.270 e. The van der Waals surface area contributed by atoms with E-state index in [0.717, 1.165) is 0 Å². The van der Waals surface area contributed by atoms with E-state index in [-0.39, 0.29) is 11.3 Å². The second kappa shape index (κ2) is 8.82. The molecule has 1 N–H and O–H groups in total. The topological polar surface area (TPSA) is 114 Å². The minimum atomic E-state index is -0.651. The highest BCUT2D eigenvalue weighted by molar-refractivity contribution is 9.10. The number of hydrogen-bond donors (Lipinski definition) is 1. The molecule has 1 amide bonds. The van der Waals surface area contributed by atoms with E-state index in [1.807, 2.05) is 6.07 Å². The maximum Gasteiger partial charge on any atom is 0.270 e. The number of methoxy groups -OCH3 is 2. The van der Waals surface area contributed by atoms with Crippen molar-refractivity contribution in [3.05, 3.63) is 62.1 Å². The predicted octanol–water partition coefficient (Wildman–Crippen LogP) is 3.92. The van der Waals surface area contributed by atoms with Crippen LogP contribution in [0.4, 0.5) is 11.4 Å². The van der Waals surface area contributed by atoms with E-state index >= 15 is 0 Å². The first-order valence-electron chi connectivity index (χ1n) is 7.48. The van der Waals surface area contributed by atoms with Crippen molar-refractivity contribution in [2.75, 3.05) is 19.5 Å². The van der Waals surface area contributed by atoms with Crippen LogP contribution in [0, 0.1) is 21.4 Å². The molecule has 0 spiro atoms. The normalized spacial score (nSPS) is 10.7. The molecule has 0 aliphatic rings. The quantitative estimate of drug-likeness (QED) is 0.320. The first-order valence-corrected chi connectivity index (χ1v) is 8.28. The highest BCUT2D eigenvalue weighted by atomic mass is 79.9. The summed E-state index contributed by atoms with van der Waals surface area (Å²) in [5.74, 6) is 0.330. The lowest BCUT2D eigenvalue weighted by molar-refractivity contribution is -0.384. The molecular weight excluding hydrogens is 418 g/mol. The van der Waals surface area contributed by atoms with Gasteiger partial charge in [-0.1, -0.05) is 6.07 Å². The van der Waals surface area contributed by atoms with Crippen LogP contribution in [0.3, 0.4) is 0 Å². The molecular formula is C18H14BrN3O5. The number of carbonyl (C=O) groups excluding carboxylic acids is 1. The van der Waals surface area contributed by atoms with E-state index < -0.39 is 10.8 Å². The van der Waals surface area contributed by atoms with E-state index in [9.17, 15) is 20.2 Å². The minimum absolute atomic E-state index is 0.124. The second-order valence-electron chi connectivity index (χ2n) is 5.16. The minimum Gasteiger partial charge on any atom is -0.493 e. The number of anilines is 1. The monoisotopic (exact) mass is 431 g/mol. The van der Waals surface area contributed by atoms with Crippen LogP contribution in [0.15, 0.2) is 46.4 Å². The SMILES string of the molecule is COc1ccc(/C=C(/C#N)C(=O)Nc2ccc([N+](=O)[O-])cc2Br)cc1OC. The van der Waals surface area contributed by atoms with E-state index in [1.54, 1.807) is 18.2 Å². The van der Waals surface area contributed by atoms with Gasteiger partial charge in [-0.05, 0) is 45.8 Å². The predicted molar refractivity (Wildman–Crippen MR) is 103 cm³/mol. The highest BCUT2D eigenvalue weighted by Gasteiger charge is 2.14. The number of nitrogens with zero attached hydrogens (tertiary/aromatic N) is 2. The van der Waals surface area contributed by atoms with Crippen LogP contribution in [0.25, 0.3) is 6.08 Å². The van der Waals surface area contributed by atoms with Gasteiger partial charge in [0, 0.05) is 16.6 Å². The summed E-state index contributed by atoms with van der Waals surface area (Å²) in [6.45, 7) is 0. The van der Waals surface area contributed by atoms with Crippen molar-refractivity contribution in [1.29, 1.82) is 5.26 Å². The molecule has 2 rings (SSSR count). The van der Waals surface area contributed by atoms with Crippen molar-refractivity contribution in [2.45, 2.75) is 0 Å². The maximum absolute atomic E-state index is 12.4. The number of halogens is 1. The van der Waals surface area contributed by atoms with Gasteiger partial charge >= 0.3 is 0 Å². The fourth-order valence-electron chi connectivity index (χ4n) is 2.17. The summed E-state index contributed by atoms with van der Waals surface area (Å²) in [7, 11) is 2.99. The number of benzene rings is 2. The molecule has 0 aliphatic carbocycles. The summed E-state index contributed by atoms with van der Waals surface area (Å²) < 4.78 is 10.7. The number of nitriles is 1. The average molecular weight is 432 g/mol. The molecule has 8 nitrogen and oxygen atoms in total. The summed E-state index contributed by atoms with van der Waals surface area (Å²) in [4.78, 5) is 22.6.